The molecule has 94 valence electrons. The van der Waals surface area contributed by atoms with Crippen molar-refractivity contribution in [1.82, 2.24) is 5.32 Å². The Kier molecular flexibility index (Phi) is 5.53. The van der Waals surface area contributed by atoms with Crippen molar-refractivity contribution in [2.24, 2.45) is 0 Å². The molecular weight excluding hydrogens is 214 g/mol. The van der Waals surface area contributed by atoms with E-state index in [4.69, 9.17) is 4.74 Å². The third kappa shape index (κ3) is 4.47. The van der Waals surface area contributed by atoms with Crippen molar-refractivity contribution in [3.8, 4) is 5.75 Å². The summed E-state index contributed by atoms with van der Waals surface area (Å²) >= 11 is 0. The van der Waals surface area contributed by atoms with E-state index in [9.17, 15) is 4.79 Å². The van der Waals surface area contributed by atoms with Gasteiger partial charge in [-0.3, -0.25) is 4.79 Å². The van der Waals surface area contributed by atoms with Crippen molar-refractivity contribution in [3.63, 3.8) is 0 Å². The fourth-order valence-electron chi connectivity index (χ4n) is 1.63. The predicted octanol–water partition coefficient (Wildman–Crippen LogP) is 2.72. The molecule has 0 saturated carbocycles. The lowest BCUT2D eigenvalue weighted by Crippen LogP contribution is -2.18. The first-order chi connectivity index (χ1) is 8.15. The first-order valence-corrected chi connectivity index (χ1v) is 6.07. The van der Waals surface area contributed by atoms with Crippen LogP contribution in [0.4, 0.5) is 0 Å². The molecule has 0 fully saturated rings. The van der Waals surface area contributed by atoms with E-state index in [2.05, 4.69) is 25.2 Å². The molecule has 0 spiro atoms. The van der Waals surface area contributed by atoms with Gasteiger partial charge < -0.3 is 10.1 Å². The Balaban J connectivity index is 2.44. The quantitative estimate of drug-likeness (QED) is 0.770. The van der Waals surface area contributed by atoms with Crippen LogP contribution in [0.25, 0.3) is 0 Å². The van der Waals surface area contributed by atoms with Crippen LogP contribution in [0.5, 0.6) is 5.75 Å². The van der Waals surface area contributed by atoms with Crippen molar-refractivity contribution >= 4 is 5.91 Å². The van der Waals surface area contributed by atoms with Crippen molar-refractivity contribution in [2.75, 3.05) is 13.7 Å². The van der Waals surface area contributed by atoms with E-state index in [-0.39, 0.29) is 5.91 Å². The summed E-state index contributed by atoms with van der Waals surface area (Å²) in [5.41, 5.74) is 1.22. The van der Waals surface area contributed by atoms with Crippen molar-refractivity contribution in [1.29, 1.82) is 0 Å². The zero-order chi connectivity index (χ0) is 12.7. The van der Waals surface area contributed by atoms with E-state index in [1.807, 2.05) is 18.2 Å². The lowest BCUT2D eigenvalue weighted by atomic mass is 10.0. The minimum absolute atomic E-state index is 0.0609. The molecule has 17 heavy (non-hydrogen) atoms. The Labute approximate surface area is 103 Å². The van der Waals surface area contributed by atoms with Gasteiger partial charge >= 0.3 is 0 Å². The highest BCUT2D eigenvalue weighted by atomic mass is 16.5. The van der Waals surface area contributed by atoms with Gasteiger partial charge in [-0.2, -0.15) is 0 Å². The first-order valence-electron chi connectivity index (χ1n) is 6.07. The molecule has 1 amide bonds. The summed E-state index contributed by atoms with van der Waals surface area (Å²) in [6.45, 7) is 4.87. The number of amides is 1. The molecule has 0 heterocycles. The first kappa shape index (κ1) is 13.6. The van der Waals surface area contributed by atoms with Crippen LogP contribution >= 0.6 is 0 Å². The molecule has 3 nitrogen and oxygen atoms in total. The van der Waals surface area contributed by atoms with Crippen LogP contribution < -0.4 is 10.1 Å². The van der Waals surface area contributed by atoms with E-state index >= 15 is 0 Å². The summed E-state index contributed by atoms with van der Waals surface area (Å²) in [5, 5.41) is 2.60. The minimum atomic E-state index is 0.0609. The van der Waals surface area contributed by atoms with Gasteiger partial charge in [0.2, 0.25) is 5.91 Å². The second kappa shape index (κ2) is 6.94. The zero-order valence-corrected chi connectivity index (χ0v) is 10.8. The predicted molar refractivity (Wildman–Crippen MR) is 69.3 cm³/mol. The number of hydrogen-bond donors (Lipinski definition) is 1. The van der Waals surface area contributed by atoms with Gasteiger partial charge in [0.1, 0.15) is 5.75 Å². The number of carbonyl (C=O) groups is 1. The number of para-hydroxylation sites is 1. The molecule has 0 radical (unpaired) electrons. The highest BCUT2D eigenvalue weighted by Crippen LogP contribution is 2.25. The van der Waals surface area contributed by atoms with Gasteiger partial charge in [0, 0.05) is 13.5 Å². The smallest absolute Gasteiger partial charge is 0.219 e. The Morgan fingerprint density at radius 3 is 2.71 bits per heavy atom. The molecule has 3 heteroatoms. The standard InChI is InChI=1S/C14H21NO2/c1-11(2)12-7-4-5-8-13(12)17-10-6-9-14(16)15-3/h4-5,7-8,11H,6,9-10H2,1-3H3,(H,15,16). The van der Waals surface area contributed by atoms with Crippen LogP contribution in [0.2, 0.25) is 0 Å². The van der Waals surface area contributed by atoms with E-state index in [1.165, 1.54) is 5.56 Å². The van der Waals surface area contributed by atoms with E-state index in [0.717, 1.165) is 12.2 Å². The van der Waals surface area contributed by atoms with Crippen LogP contribution in [0.3, 0.4) is 0 Å². The molecule has 1 rings (SSSR count). The average molecular weight is 235 g/mol. The maximum Gasteiger partial charge on any atom is 0.219 e. The van der Waals surface area contributed by atoms with Crippen LogP contribution in [0.15, 0.2) is 24.3 Å². The third-order valence-corrected chi connectivity index (χ3v) is 2.63. The molecule has 0 saturated heterocycles. The fraction of sp³-hybridized carbons (Fsp3) is 0.500. The third-order valence-electron chi connectivity index (χ3n) is 2.63. The summed E-state index contributed by atoms with van der Waals surface area (Å²) < 4.78 is 5.71. The van der Waals surface area contributed by atoms with Crippen molar-refractivity contribution in [3.05, 3.63) is 29.8 Å². The molecule has 0 unspecified atom stereocenters. The summed E-state index contributed by atoms with van der Waals surface area (Å²) in [5.74, 6) is 1.44. The number of rotatable bonds is 6. The largest absolute Gasteiger partial charge is 0.493 e. The van der Waals surface area contributed by atoms with Gasteiger partial charge in [-0.25, -0.2) is 0 Å². The Morgan fingerprint density at radius 1 is 1.35 bits per heavy atom. The van der Waals surface area contributed by atoms with Gasteiger partial charge in [-0.1, -0.05) is 32.0 Å². The van der Waals surface area contributed by atoms with Gasteiger partial charge in [-0.15, -0.1) is 0 Å². The lowest BCUT2D eigenvalue weighted by Gasteiger charge is -2.13. The summed E-state index contributed by atoms with van der Waals surface area (Å²) in [7, 11) is 1.65. The van der Waals surface area contributed by atoms with Crippen molar-refractivity contribution < 1.29 is 9.53 Å². The number of nitrogens with one attached hydrogen (secondary N) is 1. The van der Waals surface area contributed by atoms with E-state index < -0.39 is 0 Å². The molecule has 1 aromatic rings. The van der Waals surface area contributed by atoms with Crippen LogP contribution in [0, 0.1) is 0 Å². The Morgan fingerprint density at radius 2 is 2.06 bits per heavy atom. The molecule has 0 aliphatic carbocycles. The van der Waals surface area contributed by atoms with E-state index in [1.54, 1.807) is 7.05 Å². The molecule has 1 aromatic carbocycles. The monoisotopic (exact) mass is 235 g/mol. The molecule has 0 aromatic heterocycles. The number of benzene rings is 1. The topological polar surface area (TPSA) is 38.3 Å². The number of carbonyl (C=O) groups excluding carboxylic acids is 1. The molecule has 0 aliphatic rings. The van der Waals surface area contributed by atoms with Gasteiger partial charge in [0.05, 0.1) is 6.61 Å². The maximum absolute atomic E-state index is 11.0. The average Bonchev–Trinajstić information content (AvgIpc) is 2.34. The molecule has 0 aliphatic heterocycles. The Bertz CT molecular complexity index is 361. The highest BCUT2D eigenvalue weighted by Gasteiger charge is 2.06. The second-order valence-electron chi connectivity index (χ2n) is 4.32. The summed E-state index contributed by atoms with van der Waals surface area (Å²) in [6.07, 6.45) is 1.26. The highest BCUT2D eigenvalue weighted by molar-refractivity contribution is 5.75. The Hall–Kier alpha value is -1.51. The fourth-order valence-corrected chi connectivity index (χ4v) is 1.63. The van der Waals surface area contributed by atoms with Crippen LogP contribution in [-0.4, -0.2) is 19.6 Å². The van der Waals surface area contributed by atoms with Crippen LogP contribution in [0.1, 0.15) is 38.2 Å². The second-order valence-corrected chi connectivity index (χ2v) is 4.32. The molecule has 0 atom stereocenters. The van der Waals surface area contributed by atoms with Crippen molar-refractivity contribution in [2.45, 2.75) is 32.6 Å². The molecule has 0 bridgehead atoms. The molecular formula is C14H21NO2. The lowest BCUT2D eigenvalue weighted by molar-refractivity contribution is -0.120. The maximum atomic E-state index is 11.0. The number of ether oxygens (including phenoxy) is 1. The summed E-state index contributed by atoms with van der Waals surface area (Å²) in [4.78, 5) is 11.0. The molecule has 1 N–H and O–H groups in total. The van der Waals surface area contributed by atoms with Gasteiger partial charge in [-0.05, 0) is 24.0 Å². The zero-order valence-electron chi connectivity index (χ0n) is 10.8. The SMILES string of the molecule is CNC(=O)CCCOc1ccccc1C(C)C. The van der Waals surface area contributed by atoms with E-state index in [0.29, 0.717) is 18.9 Å². The summed E-state index contributed by atoms with van der Waals surface area (Å²) in [6, 6.07) is 8.06. The van der Waals surface area contributed by atoms with Gasteiger partial charge in [0.15, 0.2) is 0 Å². The van der Waals surface area contributed by atoms with Crippen LogP contribution in [-0.2, 0) is 4.79 Å². The van der Waals surface area contributed by atoms with Gasteiger partial charge in [0.25, 0.3) is 0 Å². The minimum Gasteiger partial charge on any atom is -0.493 e. The number of hydrogen-bond acceptors (Lipinski definition) is 2. The normalized spacial score (nSPS) is 10.4.